The zero-order valence-electron chi connectivity index (χ0n) is 18.2. The number of unbranched alkanes of at least 4 members (excludes halogenated alkanes) is 1. The van der Waals surface area contributed by atoms with Gasteiger partial charge in [0.15, 0.2) is 0 Å². The highest BCUT2D eigenvalue weighted by atomic mass is 32.1. The van der Waals surface area contributed by atoms with E-state index >= 15 is 0 Å². The average Bonchev–Trinajstić information content (AvgIpc) is 3.05. The van der Waals surface area contributed by atoms with Crippen LogP contribution in [0.2, 0.25) is 0 Å². The predicted octanol–water partition coefficient (Wildman–Crippen LogP) is 5.55. The van der Waals surface area contributed by atoms with Crippen LogP contribution in [0.5, 0.6) is 5.75 Å². The van der Waals surface area contributed by atoms with Crippen molar-refractivity contribution in [1.29, 1.82) is 5.26 Å². The zero-order valence-corrected chi connectivity index (χ0v) is 19.0. The minimum atomic E-state index is -0.153. The summed E-state index contributed by atoms with van der Waals surface area (Å²) in [5, 5.41) is 10.1. The molecule has 0 radical (unpaired) electrons. The summed E-state index contributed by atoms with van der Waals surface area (Å²) in [5.74, 6) is 1.20. The molecule has 31 heavy (non-hydrogen) atoms. The monoisotopic (exact) mass is 434 g/mol. The van der Waals surface area contributed by atoms with Gasteiger partial charge < -0.3 is 9.47 Å². The van der Waals surface area contributed by atoms with Crippen molar-refractivity contribution in [3.05, 3.63) is 66.2 Å². The van der Waals surface area contributed by atoms with E-state index in [2.05, 4.69) is 49.2 Å². The van der Waals surface area contributed by atoms with Gasteiger partial charge in [-0.2, -0.15) is 5.26 Å². The number of fused-ring (bicyclic) bond motifs is 2. The van der Waals surface area contributed by atoms with Gasteiger partial charge in [-0.3, -0.25) is 4.90 Å². The SMILES string of the molecule is CCCC[C@@H]1[C@@H](c2ccccc2)[C@@H](OC(=S)Oc2ccccc2)[C@H]2C[C@H](C#N)[C@@H]1N2C. The number of ether oxygens (including phenoxy) is 2. The van der Waals surface area contributed by atoms with E-state index in [4.69, 9.17) is 21.7 Å². The standard InChI is InChI=1S/C26H30N2O2S/c1-3-4-15-21-23(18-11-7-5-8-12-18)25(22-16-19(17-27)24(21)28(22)2)30-26(31)29-20-13-9-6-10-14-20/h5-14,19,21-25H,3-4,15-16H2,1-2H3/t19-,21-,22-,23-,24+,25+/m1/s1. The van der Waals surface area contributed by atoms with Crippen molar-refractivity contribution in [2.75, 3.05) is 7.05 Å². The normalized spacial score (nSPS) is 29.8. The van der Waals surface area contributed by atoms with Crippen LogP contribution in [-0.2, 0) is 4.74 Å². The van der Waals surface area contributed by atoms with E-state index in [9.17, 15) is 5.26 Å². The quantitative estimate of drug-likeness (QED) is 0.558. The molecule has 0 amide bonds. The van der Waals surface area contributed by atoms with Gasteiger partial charge in [0, 0.05) is 30.2 Å². The summed E-state index contributed by atoms with van der Waals surface area (Å²) >= 11 is 5.53. The Balaban J connectivity index is 1.67. The van der Waals surface area contributed by atoms with Crippen LogP contribution < -0.4 is 4.74 Å². The second-order valence-electron chi connectivity index (χ2n) is 8.68. The van der Waals surface area contributed by atoms with E-state index < -0.39 is 0 Å². The molecule has 2 heterocycles. The summed E-state index contributed by atoms with van der Waals surface area (Å²) in [7, 11) is 2.14. The Hall–Kier alpha value is -2.42. The highest BCUT2D eigenvalue weighted by molar-refractivity contribution is 7.79. The molecule has 4 nitrogen and oxygen atoms in total. The van der Waals surface area contributed by atoms with E-state index in [0.29, 0.717) is 11.7 Å². The van der Waals surface area contributed by atoms with Gasteiger partial charge in [0.2, 0.25) is 0 Å². The first kappa shape index (κ1) is 21.8. The number of thiocarbonyl (C=S) groups is 1. The molecule has 2 fully saturated rings. The summed E-state index contributed by atoms with van der Waals surface area (Å²) in [5.41, 5.74) is 1.26. The lowest BCUT2D eigenvalue weighted by molar-refractivity contribution is -0.0266. The van der Waals surface area contributed by atoms with Crippen LogP contribution in [0.25, 0.3) is 0 Å². The van der Waals surface area contributed by atoms with Crippen LogP contribution in [0.4, 0.5) is 0 Å². The van der Waals surface area contributed by atoms with Crippen LogP contribution in [0.15, 0.2) is 60.7 Å². The van der Waals surface area contributed by atoms with Gasteiger partial charge >= 0.3 is 5.24 Å². The van der Waals surface area contributed by atoms with Crippen LogP contribution in [0.3, 0.4) is 0 Å². The maximum atomic E-state index is 9.93. The summed E-state index contributed by atoms with van der Waals surface area (Å²) in [6, 6.07) is 23.1. The van der Waals surface area contributed by atoms with Crippen molar-refractivity contribution in [2.24, 2.45) is 11.8 Å². The number of hydrogen-bond donors (Lipinski definition) is 0. The number of benzene rings is 2. The summed E-state index contributed by atoms with van der Waals surface area (Å²) in [6.07, 6.45) is 4.00. The fourth-order valence-electron chi connectivity index (χ4n) is 5.64. The van der Waals surface area contributed by atoms with Gasteiger partial charge in [-0.25, -0.2) is 0 Å². The Labute approximate surface area is 190 Å². The molecule has 0 spiro atoms. The first-order valence-corrected chi connectivity index (χ1v) is 11.6. The first-order chi connectivity index (χ1) is 15.1. The van der Waals surface area contributed by atoms with Crippen molar-refractivity contribution in [2.45, 2.75) is 56.7 Å². The summed E-state index contributed by atoms with van der Waals surface area (Å²) in [6.45, 7) is 2.22. The van der Waals surface area contributed by atoms with Crippen molar-refractivity contribution in [3.63, 3.8) is 0 Å². The van der Waals surface area contributed by atoms with E-state index in [-0.39, 0.29) is 35.3 Å². The van der Waals surface area contributed by atoms with Crippen molar-refractivity contribution in [3.8, 4) is 11.8 Å². The largest absolute Gasteiger partial charge is 0.451 e. The van der Waals surface area contributed by atoms with Crippen molar-refractivity contribution in [1.82, 2.24) is 4.90 Å². The lowest BCUT2D eigenvalue weighted by Gasteiger charge is -2.48. The van der Waals surface area contributed by atoms with Gasteiger partial charge in [0.05, 0.1) is 12.0 Å². The lowest BCUT2D eigenvalue weighted by Crippen LogP contribution is -2.56. The third-order valence-corrected chi connectivity index (χ3v) is 7.13. The molecule has 0 unspecified atom stereocenters. The summed E-state index contributed by atoms with van der Waals surface area (Å²) in [4.78, 5) is 2.38. The number of piperidine rings is 1. The van der Waals surface area contributed by atoms with Gasteiger partial charge in [-0.1, -0.05) is 68.3 Å². The molecule has 5 heteroatoms. The van der Waals surface area contributed by atoms with E-state index in [1.54, 1.807) is 0 Å². The third-order valence-electron chi connectivity index (χ3n) is 6.95. The first-order valence-electron chi connectivity index (χ1n) is 11.2. The zero-order chi connectivity index (χ0) is 21.8. The maximum absolute atomic E-state index is 9.93. The number of hydrogen-bond acceptors (Lipinski definition) is 5. The van der Waals surface area contributed by atoms with E-state index in [0.717, 1.165) is 25.7 Å². The molecule has 0 N–H and O–H groups in total. The lowest BCUT2D eigenvalue weighted by atomic mass is 9.71. The molecule has 2 aromatic rings. The third kappa shape index (κ3) is 4.46. The molecule has 4 rings (SSSR count). The molecule has 162 valence electrons. The average molecular weight is 435 g/mol. The highest BCUT2D eigenvalue weighted by Gasteiger charge is 2.57. The van der Waals surface area contributed by atoms with Crippen LogP contribution in [-0.4, -0.2) is 35.4 Å². The molecule has 0 aromatic heterocycles. The molecular formula is C26H30N2O2S. The Morgan fingerprint density at radius 2 is 1.81 bits per heavy atom. The maximum Gasteiger partial charge on any atom is 0.358 e. The number of nitriles is 1. The Morgan fingerprint density at radius 1 is 1.13 bits per heavy atom. The second-order valence-corrected chi connectivity index (χ2v) is 9.02. The van der Waals surface area contributed by atoms with Crippen LogP contribution in [0.1, 0.15) is 44.1 Å². The minimum Gasteiger partial charge on any atom is -0.451 e. The highest BCUT2D eigenvalue weighted by Crippen LogP contribution is 2.51. The molecule has 0 aliphatic carbocycles. The molecular weight excluding hydrogens is 404 g/mol. The Kier molecular flexibility index (Phi) is 6.89. The van der Waals surface area contributed by atoms with Gasteiger partial charge in [0.25, 0.3) is 0 Å². The second kappa shape index (κ2) is 9.80. The minimum absolute atomic E-state index is 0.0141. The molecule has 2 bridgehead atoms. The Bertz CT molecular complexity index is 914. The molecule has 2 aromatic carbocycles. The topological polar surface area (TPSA) is 45.5 Å². The van der Waals surface area contributed by atoms with Crippen LogP contribution in [0, 0.1) is 23.2 Å². The smallest absolute Gasteiger partial charge is 0.358 e. The van der Waals surface area contributed by atoms with E-state index in [1.807, 2.05) is 36.4 Å². The van der Waals surface area contributed by atoms with Gasteiger partial charge in [-0.05, 0) is 43.5 Å². The molecule has 2 saturated heterocycles. The molecule has 6 atom stereocenters. The number of nitrogens with zero attached hydrogens (tertiary/aromatic N) is 2. The number of rotatable bonds is 6. The van der Waals surface area contributed by atoms with Crippen molar-refractivity contribution >= 4 is 17.5 Å². The number of likely N-dealkylation sites (N-methyl/N-ethyl adjacent to an activating group) is 1. The fraction of sp³-hybridized carbons (Fsp3) is 0.462. The molecule has 2 aliphatic rings. The van der Waals surface area contributed by atoms with E-state index in [1.165, 1.54) is 5.56 Å². The summed E-state index contributed by atoms with van der Waals surface area (Å²) < 4.78 is 12.3. The van der Waals surface area contributed by atoms with Gasteiger partial charge in [0.1, 0.15) is 11.9 Å². The molecule has 2 aliphatic heterocycles. The van der Waals surface area contributed by atoms with Gasteiger partial charge in [-0.15, -0.1) is 0 Å². The number of para-hydroxylation sites is 1. The van der Waals surface area contributed by atoms with Crippen molar-refractivity contribution < 1.29 is 9.47 Å². The predicted molar refractivity (Wildman–Crippen MR) is 126 cm³/mol. The van der Waals surface area contributed by atoms with Crippen LogP contribution >= 0.6 is 12.2 Å². The fourth-order valence-corrected chi connectivity index (χ4v) is 5.84. The Morgan fingerprint density at radius 3 is 2.45 bits per heavy atom. The molecule has 0 saturated carbocycles.